The number of ether oxygens (including phenoxy) is 6. The molecule has 1 amide bonds. The molecule has 3 rings (SSSR count). The fraction of sp³-hybridized carbons (Fsp3) is 0.806. The Morgan fingerprint density at radius 1 is 0.430 bits per heavy atom. The van der Waals surface area contributed by atoms with E-state index in [2.05, 4.69) is 79.9 Å². The van der Waals surface area contributed by atoms with Crippen LogP contribution in [0, 0.1) is 0 Å². The number of carbonyl (C=O) groups is 1. The maximum absolute atomic E-state index is 13.3. The molecule has 17 atom stereocenters. The maximum atomic E-state index is 13.3. The van der Waals surface area contributed by atoms with Crippen molar-refractivity contribution in [3.63, 3.8) is 0 Å². The average Bonchev–Trinajstić information content (AvgIpc) is 1.89. The second-order valence-corrected chi connectivity index (χ2v) is 23.5. The van der Waals surface area contributed by atoms with E-state index in [-0.39, 0.29) is 18.9 Å². The highest BCUT2D eigenvalue weighted by atomic mass is 16.8. The van der Waals surface area contributed by atoms with Crippen molar-refractivity contribution in [2.45, 2.75) is 317 Å². The van der Waals surface area contributed by atoms with Crippen molar-refractivity contribution in [1.29, 1.82) is 0 Å². The predicted molar refractivity (Wildman–Crippen MR) is 332 cm³/mol. The second-order valence-electron chi connectivity index (χ2n) is 23.5. The Morgan fingerprint density at radius 3 is 1.30 bits per heavy atom. The minimum Gasteiger partial charge on any atom is -0.394 e. The maximum Gasteiger partial charge on any atom is 0.220 e. The summed E-state index contributed by atoms with van der Waals surface area (Å²) in [6, 6.07) is -0.990. The van der Waals surface area contributed by atoms with E-state index in [1.165, 1.54) is 116 Å². The average molecular weight is 1220 g/mol. The van der Waals surface area contributed by atoms with Crippen LogP contribution in [-0.4, -0.2) is 193 Å². The number of hydrogen-bond donors (Lipinski definition) is 12. The Bertz CT molecular complexity index is 1850. The molecular formula is C67H117NO18. The third-order valence-corrected chi connectivity index (χ3v) is 16.2. The van der Waals surface area contributed by atoms with Crippen molar-refractivity contribution in [2.24, 2.45) is 0 Å². The summed E-state index contributed by atoms with van der Waals surface area (Å²) in [5.74, 6) is -0.289. The van der Waals surface area contributed by atoms with Crippen LogP contribution < -0.4 is 5.32 Å². The zero-order chi connectivity index (χ0) is 62.6. The van der Waals surface area contributed by atoms with E-state index in [1.54, 1.807) is 6.08 Å². The van der Waals surface area contributed by atoms with Gasteiger partial charge in [0.1, 0.15) is 73.2 Å². The van der Waals surface area contributed by atoms with Gasteiger partial charge in [0.15, 0.2) is 18.9 Å². The number of carbonyl (C=O) groups excluding carboxylic acids is 1. The standard InChI is InChI=1S/C67H117NO18/c1-3-5-7-9-11-13-15-16-17-18-19-20-21-22-23-24-25-26-27-28-29-30-31-32-33-34-35-37-39-41-43-45-55(73)68-50(51(72)44-42-40-38-36-14-12-10-8-6-4-2)49-81-65-61(79)58(76)63(53(47-70)83-65)86-67-62(80)59(77)64(54(48-71)84-67)85-66-60(78)57(75)56(74)52(46-69)82-66/h5,7,11,13-14,16-17,19-20,36,42,44,50-54,56-67,69-72,74-80H,3-4,6,8-10,12,15,18,21-35,37-41,43,45-49H2,1-2H3,(H,68,73)/b7-5-,13-11-,17-16-,20-19-,36-14+,44-42+. The van der Waals surface area contributed by atoms with E-state index in [9.17, 15) is 61.0 Å². The molecule has 0 spiro atoms. The fourth-order valence-electron chi connectivity index (χ4n) is 10.8. The van der Waals surface area contributed by atoms with Gasteiger partial charge in [-0.15, -0.1) is 0 Å². The van der Waals surface area contributed by atoms with Crippen LogP contribution in [0.4, 0.5) is 0 Å². The molecule has 86 heavy (non-hydrogen) atoms. The summed E-state index contributed by atoms with van der Waals surface area (Å²) >= 11 is 0. The molecule has 0 aromatic heterocycles. The lowest BCUT2D eigenvalue weighted by Gasteiger charge is -2.48. The minimum absolute atomic E-state index is 0.234. The fourth-order valence-corrected chi connectivity index (χ4v) is 10.8. The molecule has 0 aliphatic carbocycles. The van der Waals surface area contributed by atoms with E-state index in [0.29, 0.717) is 12.8 Å². The number of rotatable bonds is 49. The molecule has 19 heteroatoms. The topological polar surface area (TPSA) is 307 Å². The van der Waals surface area contributed by atoms with Crippen LogP contribution in [-0.2, 0) is 33.2 Å². The lowest BCUT2D eigenvalue weighted by molar-refractivity contribution is -0.379. The van der Waals surface area contributed by atoms with Gasteiger partial charge in [0.25, 0.3) is 0 Å². The van der Waals surface area contributed by atoms with Crippen LogP contribution in [0.5, 0.6) is 0 Å². The number of unbranched alkanes of at least 4 members (excludes halogenated alkanes) is 23. The summed E-state index contributed by atoms with van der Waals surface area (Å²) in [7, 11) is 0. The lowest BCUT2D eigenvalue weighted by Crippen LogP contribution is -2.66. The van der Waals surface area contributed by atoms with Crippen molar-refractivity contribution < 1.29 is 89.4 Å². The van der Waals surface area contributed by atoms with E-state index < -0.39 is 124 Å². The van der Waals surface area contributed by atoms with Gasteiger partial charge in [-0.3, -0.25) is 4.79 Å². The van der Waals surface area contributed by atoms with Crippen molar-refractivity contribution >= 4 is 5.91 Å². The van der Waals surface area contributed by atoms with Crippen LogP contribution in [0.1, 0.15) is 213 Å². The highest BCUT2D eigenvalue weighted by Gasteiger charge is 2.53. The zero-order valence-electron chi connectivity index (χ0n) is 52.3. The van der Waals surface area contributed by atoms with Crippen molar-refractivity contribution in [3.8, 4) is 0 Å². The van der Waals surface area contributed by atoms with Crippen LogP contribution in [0.3, 0.4) is 0 Å². The highest BCUT2D eigenvalue weighted by molar-refractivity contribution is 5.76. The SMILES string of the molecule is CC/C=C\C/C=C\C/C=C\C/C=C\CCCCCCCCCCCCCCCCCCCCC(=O)NC(COC1OC(CO)C(OC2OC(CO)C(OC3OC(CO)C(O)C(O)C3O)C(O)C2O)C(O)C1O)C(O)/C=C/CC/C=C/CCCCCC. The number of aliphatic hydroxyl groups is 11. The molecule has 0 radical (unpaired) electrons. The van der Waals surface area contributed by atoms with Gasteiger partial charge in [0.2, 0.25) is 5.91 Å². The first kappa shape index (κ1) is 77.5. The molecule has 0 aromatic carbocycles. The monoisotopic (exact) mass is 1220 g/mol. The third kappa shape index (κ3) is 31.3. The summed E-state index contributed by atoms with van der Waals surface area (Å²) in [5.41, 5.74) is 0. The van der Waals surface area contributed by atoms with Crippen LogP contribution in [0.2, 0.25) is 0 Å². The van der Waals surface area contributed by atoms with Gasteiger partial charge < -0.3 is 89.9 Å². The summed E-state index contributed by atoms with van der Waals surface area (Å²) in [6.07, 6.45) is 33.5. The lowest BCUT2D eigenvalue weighted by atomic mass is 9.96. The molecule has 3 saturated heterocycles. The first-order valence-corrected chi connectivity index (χ1v) is 33.2. The Balaban J connectivity index is 1.36. The molecule has 0 saturated carbocycles. The molecular weight excluding hydrogens is 1110 g/mol. The first-order valence-electron chi connectivity index (χ1n) is 33.2. The molecule has 0 aromatic rings. The van der Waals surface area contributed by atoms with E-state index >= 15 is 0 Å². The molecule has 3 fully saturated rings. The van der Waals surface area contributed by atoms with Crippen molar-refractivity contribution in [3.05, 3.63) is 72.9 Å². The van der Waals surface area contributed by atoms with Gasteiger partial charge in [-0.05, 0) is 70.6 Å². The van der Waals surface area contributed by atoms with Crippen molar-refractivity contribution in [2.75, 3.05) is 26.4 Å². The quantitative estimate of drug-likeness (QED) is 0.0204. The number of hydrogen-bond acceptors (Lipinski definition) is 18. The minimum atomic E-state index is -1.98. The smallest absolute Gasteiger partial charge is 0.220 e. The summed E-state index contributed by atoms with van der Waals surface area (Å²) in [6.45, 7) is 1.54. The van der Waals surface area contributed by atoms with Gasteiger partial charge in [-0.1, -0.05) is 209 Å². The Hall–Kier alpha value is -2.77. The highest BCUT2D eigenvalue weighted by Crippen LogP contribution is 2.33. The summed E-state index contributed by atoms with van der Waals surface area (Å²) < 4.78 is 34.2. The summed E-state index contributed by atoms with van der Waals surface area (Å²) in [4.78, 5) is 13.3. The first-order chi connectivity index (χ1) is 41.8. The predicted octanol–water partition coefficient (Wildman–Crippen LogP) is 7.77. The van der Waals surface area contributed by atoms with Crippen LogP contribution in [0.25, 0.3) is 0 Å². The van der Waals surface area contributed by atoms with Gasteiger partial charge in [0, 0.05) is 6.42 Å². The van der Waals surface area contributed by atoms with Gasteiger partial charge in [-0.25, -0.2) is 0 Å². The molecule has 17 unspecified atom stereocenters. The number of amides is 1. The Morgan fingerprint density at radius 2 is 0.814 bits per heavy atom. The van der Waals surface area contributed by atoms with Crippen LogP contribution in [0.15, 0.2) is 72.9 Å². The normalized spacial score (nSPS) is 29.2. The molecule has 3 aliphatic rings. The van der Waals surface area contributed by atoms with Crippen LogP contribution >= 0.6 is 0 Å². The Kier molecular flexibility index (Phi) is 44.1. The molecule has 498 valence electrons. The van der Waals surface area contributed by atoms with Gasteiger partial charge in [0.05, 0.1) is 38.6 Å². The van der Waals surface area contributed by atoms with E-state index in [0.717, 1.165) is 64.2 Å². The number of aliphatic hydroxyl groups excluding tert-OH is 11. The zero-order valence-corrected chi connectivity index (χ0v) is 52.3. The van der Waals surface area contributed by atoms with E-state index in [1.807, 2.05) is 6.08 Å². The molecule has 3 aliphatic heterocycles. The third-order valence-electron chi connectivity index (χ3n) is 16.2. The molecule has 12 N–H and O–H groups in total. The Labute approximate surface area is 515 Å². The van der Waals surface area contributed by atoms with E-state index in [4.69, 9.17) is 28.4 Å². The molecule has 19 nitrogen and oxygen atoms in total. The largest absolute Gasteiger partial charge is 0.394 e. The molecule has 3 heterocycles. The molecule has 0 bridgehead atoms. The second kappa shape index (κ2) is 49.0. The van der Waals surface area contributed by atoms with Gasteiger partial charge in [-0.2, -0.15) is 0 Å². The number of nitrogens with one attached hydrogen (secondary N) is 1. The number of allylic oxidation sites excluding steroid dienone is 11. The van der Waals surface area contributed by atoms with Crippen molar-refractivity contribution in [1.82, 2.24) is 5.32 Å². The summed E-state index contributed by atoms with van der Waals surface area (Å²) in [5, 5.41) is 120. The van der Waals surface area contributed by atoms with Gasteiger partial charge >= 0.3 is 0 Å².